The van der Waals surface area contributed by atoms with Crippen molar-refractivity contribution in [1.29, 1.82) is 0 Å². The Morgan fingerprint density at radius 3 is 2.07 bits per heavy atom. The number of rotatable bonds is 1. The third-order valence-corrected chi connectivity index (χ3v) is 2.36. The predicted octanol–water partition coefficient (Wildman–Crippen LogP) is 3.56. The van der Waals surface area contributed by atoms with E-state index in [4.69, 9.17) is 11.6 Å². The predicted molar refractivity (Wildman–Crippen MR) is 56.0 cm³/mol. The second-order valence-corrected chi connectivity index (χ2v) is 4.58. The SMILES string of the molecule is C[N+](C)(C)c1ccc(Cl)c(C(F)(F)F)c1. The first-order valence-electron chi connectivity index (χ1n) is 4.31. The maximum atomic E-state index is 12.5. The summed E-state index contributed by atoms with van der Waals surface area (Å²) in [6.45, 7) is 0. The van der Waals surface area contributed by atoms with Gasteiger partial charge in [-0.2, -0.15) is 13.2 Å². The van der Waals surface area contributed by atoms with Crippen molar-refractivity contribution in [2.24, 2.45) is 0 Å². The molecular formula is C10H12ClF3N+. The van der Waals surface area contributed by atoms with Gasteiger partial charge in [-0.3, -0.25) is 4.48 Å². The van der Waals surface area contributed by atoms with Gasteiger partial charge in [0.1, 0.15) is 5.69 Å². The Morgan fingerprint density at radius 1 is 1.13 bits per heavy atom. The monoisotopic (exact) mass is 238 g/mol. The van der Waals surface area contributed by atoms with Gasteiger partial charge in [0, 0.05) is 12.1 Å². The molecule has 0 saturated heterocycles. The zero-order chi connectivity index (χ0) is 11.9. The highest BCUT2D eigenvalue weighted by atomic mass is 35.5. The summed E-state index contributed by atoms with van der Waals surface area (Å²) in [5.41, 5.74) is -0.221. The molecule has 0 N–H and O–H groups in total. The summed E-state index contributed by atoms with van der Waals surface area (Å²) in [5.74, 6) is 0. The van der Waals surface area contributed by atoms with E-state index in [2.05, 4.69) is 0 Å². The summed E-state index contributed by atoms with van der Waals surface area (Å²) in [6.07, 6.45) is -4.40. The van der Waals surface area contributed by atoms with Crippen LogP contribution in [0.2, 0.25) is 5.02 Å². The Balaban J connectivity index is 3.30. The number of quaternary nitrogens is 1. The number of nitrogens with zero attached hydrogens (tertiary/aromatic N) is 1. The van der Waals surface area contributed by atoms with Crippen LogP contribution in [-0.4, -0.2) is 21.1 Å². The summed E-state index contributed by atoms with van der Waals surface area (Å²) in [5, 5.41) is -0.264. The number of halogens is 4. The number of hydrogen-bond acceptors (Lipinski definition) is 0. The van der Waals surface area contributed by atoms with E-state index in [9.17, 15) is 13.2 Å². The van der Waals surface area contributed by atoms with Gasteiger partial charge in [-0.05, 0) is 6.07 Å². The molecule has 5 heteroatoms. The quantitative estimate of drug-likeness (QED) is 0.657. The lowest BCUT2D eigenvalue weighted by atomic mass is 10.1. The van der Waals surface area contributed by atoms with Gasteiger partial charge in [0.2, 0.25) is 0 Å². The van der Waals surface area contributed by atoms with Gasteiger partial charge in [-0.1, -0.05) is 11.6 Å². The molecule has 0 heterocycles. The molecule has 0 bridgehead atoms. The van der Waals surface area contributed by atoms with Crippen molar-refractivity contribution in [3.63, 3.8) is 0 Å². The molecule has 0 fully saturated rings. The standard InChI is InChI=1S/C10H12ClF3N/c1-15(2,3)7-4-5-9(11)8(6-7)10(12,13)14/h4-6H,1-3H3/q+1. The van der Waals surface area contributed by atoms with Crippen LogP contribution in [-0.2, 0) is 6.18 Å². The average Bonchev–Trinajstić information content (AvgIpc) is 2.00. The van der Waals surface area contributed by atoms with Crippen molar-refractivity contribution in [3.8, 4) is 0 Å². The zero-order valence-corrected chi connectivity index (χ0v) is 9.45. The van der Waals surface area contributed by atoms with E-state index in [0.717, 1.165) is 6.07 Å². The van der Waals surface area contributed by atoms with E-state index >= 15 is 0 Å². The molecule has 0 unspecified atom stereocenters. The molecule has 15 heavy (non-hydrogen) atoms. The van der Waals surface area contributed by atoms with Gasteiger partial charge >= 0.3 is 6.18 Å². The fraction of sp³-hybridized carbons (Fsp3) is 0.400. The molecule has 1 nitrogen and oxygen atoms in total. The molecule has 1 aromatic carbocycles. The molecule has 0 aromatic heterocycles. The van der Waals surface area contributed by atoms with Crippen molar-refractivity contribution in [2.75, 3.05) is 21.1 Å². The molecule has 0 saturated carbocycles. The van der Waals surface area contributed by atoms with Crippen molar-refractivity contribution in [3.05, 3.63) is 28.8 Å². The molecule has 1 rings (SSSR count). The summed E-state index contributed by atoms with van der Waals surface area (Å²) >= 11 is 5.50. The van der Waals surface area contributed by atoms with Gasteiger partial charge in [-0.25, -0.2) is 0 Å². The van der Waals surface area contributed by atoms with Gasteiger partial charge < -0.3 is 0 Å². The van der Waals surface area contributed by atoms with Crippen LogP contribution in [0.15, 0.2) is 18.2 Å². The molecule has 84 valence electrons. The van der Waals surface area contributed by atoms with E-state index < -0.39 is 11.7 Å². The summed E-state index contributed by atoms with van der Waals surface area (Å²) in [6, 6.07) is 3.96. The molecule has 0 atom stereocenters. The molecule has 0 aliphatic heterocycles. The second kappa shape index (κ2) is 3.68. The fourth-order valence-electron chi connectivity index (χ4n) is 1.15. The van der Waals surface area contributed by atoms with Gasteiger partial charge in [0.25, 0.3) is 0 Å². The van der Waals surface area contributed by atoms with E-state index in [-0.39, 0.29) is 5.02 Å². The van der Waals surface area contributed by atoms with Crippen LogP contribution in [0.5, 0.6) is 0 Å². The molecule has 0 radical (unpaired) electrons. The first kappa shape index (κ1) is 12.3. The van der Waals surface area contributed by atoms with Crippen LogP contribution in [0.4, 0.5) is 18.9 Å². The minimum absolute atomic E-state index is 0.264. The van der Waals surface area contributed by atoms with Crippen LogP contribution in [0.1, 0.15) is 5.56 Å². The average molecular weight is 239 g/mol. The maximum absolute atomic E-state index is 12.5. The van der Waals surface area contributed by atoms with E-state index in [1.807, 2.05) is 0 Å². The lowest BCUT2D eigenvalue weighted by Crippen LogP contribution is -2.34. The Morgan fingerprint density at radius 2 is 1.67 bits per heavy atom. The summed E-state index contributed by atoms with van der Waals surface area (Å²) < 4.78 is 37.9. The molecule has 0 amide bonds. The largest absolute Gasteiger partial charge is 0.418 e. The third kappa shape index (κ3) is 2.86. The Kier molecular flexibility index (Phi) is 3.03. The lowest BCUT2D eigenvalue weighted by molar-refractivity contribution is -0.137. The second-order valence-electron chi connectivity index (χ2n) is 4.17. The normalized spacial score (nSPS) is 13.0. The van der Waals surface area contributed by atoms with Crippen molar-refractivity contribution in [2.45, 2.75) is 6.18 Å². The zero-order valence-electron chi connectivity index (χ0n) is 8.69. The number of alkyl halides is 3. The van der Waals surface area contributed by atoms with Crippen LogP contribution in [0.25, 0.3) is 0 Å². The highest BCUT2D eigenvalue weighted by Crippen LogP contribution is 2.37. The van der Waals surface area contributed by atoms with Crippen LogP contribution >= 0.6 is 11.6 Å². The smallest absolute Gasteiger partial charge is 0.298 e. The lowest BCUT2D eigenvalue weighted by Gasteiger charge is -2.24. The molecule has 1 aromatic rings. The highest BCUT2D eigenvalue weighted by molar-refractivity contribution is 6.31. The first-order valence-corrected chi connectivity index (χ1v) is 4.69. The highest BCUT2D eigenvalue weighted by Gasteiger charge is 2.34. The van der Waals surface area contributed by atoms with E-state index in [1.165, 1.54) is 6.07 Å². The Hall–Kier alpha value is -0.740. The van der Waals surface area contributed by atoms with Gasteiger partial charge in [0.15, 0.2) is 0 Å². The van der Waals surface area contributed by atoms with Gasteiger partial charge in [-0.15, -0.1) is 0 Å². The molecular weight excluding hydrogens is 227 g/mol. The Bertz CT molecular complexity index is 366. The maximum Gasteiger partial charge on any atom is 0.418 e. The minimum atomic E-state index is -4.40. The van der Waals surface area contributed by atoms with E-state index in [1.54, 1.807) is 27.2 Å². The number of benzene rings is 1. The minimum Gasteiger partial charge on any atom is -0.298 e. The van der Waals surface area contributed by atoms with Crippen molar-refractivity contribution < 1.29 is 13.2 Å². The van der Waals surface area contributed by atoms with Gasteiger partial charge in [0.05, 0.1) is 31.7 Å². The van der Waals surface area contributed by atoms with Crippen molar-refractivity contribution in [1.82, 2.24) is 4.48 Å². The van der Waals surface area contributed by atoms with Crippen LogP contribution in [0, 0.1) is 0 Å². The Labute approximate surface area is 91.7 Å². The molecule has 0 spiro atoms. The first-order chi connectivity index (χ1) is 6.62. The molecule has 0 aliphatic rings. The summed E-state index contributed by atoms with van der Waals surface area (Å²) in [4.78, 5) is 0. The summed E-state index contributed by atoms with van der Waals surface area (Å²) in [7, 11) is 5.39. The topological polar surface area (TPSA) is 0 Å². The molecule has 0 aliphatic carbocycles. The third-order valence-electron chi connectivity index (χ3n) is 2.03. The van der Waals surface area contributed by atoms with Crippen molar-refractivity contribution >= 4 is 17.3 Å². The van der Waals surface area contributed by atoms with Crippen LogP contribution < -0.4 is 4.48 Å². The van der Waals surface area contributed by atoms with E-state index in [0.29, 0.717) is 10.2 Å². The number of hydrogen-bond donors (Lipinski definition) is 0. The fourth-order valence-corrected chi connectivity index (χ4v) is 1.37. The van der Waals surface area contributed by atoms with Crippen LogP contribution in [0.3, 0.4) is 0 Å².